The molecule has 0 amide bonds. The summed E-state index contributed by atoms with van der Waals surface area (Å²) in [7, 11) is 1.58. The van der Waals surface area contributed by atoms with Gasteiger partial charge in [0, 0.05) is 11.5 Å². The average Bonchev–Trinajstić information content (AvgIpc) is 2.38. The standard InChI is InChI=1S/C6H13NOS2.3C2H6/c1-8-7-6(4-9-2)5-10-3;3*1-2/h4-5H2,1-3H3;3*1-2H3. The fourth-order valence-electron chi connectivity index (χ4n) is 0.557. The summed E-state index contributed by atoms with van der Waals surface area (Å²) in [4.78, 5) is 4.67. The number of hydrogen-bond donors (Lipinski definition) is 0. The van der Waals surface area contributed by atoms with Crippen molar-refractivity contribution in [2.75, 3.05) is 31.1 Å². The minimum absolute atomic E-state index is 0.967. The number of hydrogen-bond acceptors (Lipinski definition) is 4. The molecule has 0 saturated heterocycles. The fourth-order valence-corrected chi connectivity index (χ4v) is 1.66. The molecule has 0 aliphatic rings. The van der Waals surface area contributed by atoms with Crippen LogP contribution < -0.4 is 0 Å². The maximum absolute atomic E-state index is 4.67. The van der Waals surface area contributed by atoms with Crippen molar-refractivity contribution in [3.05, 3.63) is 0 Å². The van der Waals surface area contributed by atoms with Gasteiger partial charge in [0.2, 0.25) is 0 Å². The van der Waals surface area contributed by atoms with Crippen molar-refractivity contribution in [3.8, 4) is 0 Å². The zero-order valence-corrected chi connectivity index (χ0v) is 14.2. The molecule has 0 unspecified atom stereocenters. The van der Waals surface area contributed by atoms with E-state index in [4.69, 9.17) is 0 Å². The predicted octanol–water partition coefficient (Wildman–Crippen LogP) is 4.79. The van der Waals surface area contributed by atoms with E-state index in [1.54, 1.807) is 30.6 Å². The Bertz CT molecular complexity index is 101. The quantitative estimate of drug-likeness (QED) is 0.529. The highest BCUT2D eigenvalue weighted by Crippen LogP contribution is 2.00. The summed E-state index contributed by atoms with van der Waals surface area (Å²) in [6.07, 6.45) is 4.12. The molecule has 0 aromatic heterocycles. The van der Waals surface area contributed by atoms with Crippen molar-refractivity contribution in [2.45, 2.75) is 41.5 Å². The molecule has 0 aromatic rings. The van der Waals surface area contributed by atoms with Crippen molar-refractivity contribution in [1.82, 2.24) is 0 Å². The third-order valence-electron chi connectivity index (χ3n) is 0.842. The first kappa shape index (κ1) is 25.1. The van der Waals surface area contributed by atoms with Crippen LogP contribution in [0.5, 0.6) is 0 Å². The highest BCUT2D eigenvalue weighted by molar-refractivity contribution is 8.00. The second kappa shape index (κ2) is 36.2. The summed E-state index contributed by atoms with van der Waals surface area (Å²) < 4.78 is 0. The van der Waals surface area contributed by atoms with Crippen LogP contribution in [-0.4, -0.2) is 36.8 Å². The molecule has 102 valence electrons. The molecule has 2 nitrogen and oxygen atoms in total. The molecule has 0 saturated carbocycles. The Hall–Kier alpha value is 0.170. The third-order valence-corrected chi connectivity index (χ3v) is 2.09. The molecule has 16 heavy (non-hydrogen) atoms. The van der Waals surface area contributed by atoms with Crippen molar-refractivity contribution >= 4 is 29.2 Å². The van der Waals surface area contributed by atoms with Gasteiger partial charge in [-0.15, -0.1) is 0 Å². The zero-order valence-electron chi connectivity index (χ0n) is 12.6. The van der Waals surface area contributed by atoms with Crippen LogP contribution in [-0.2, 0) is 4.84 Å². The zero-order chi connectivity index (χ0) is 13.8. The Labute approximate surface area is 112 Å². The molecule has 0 aliphatic heterocycles. The predicted molar refractivity (Wildman–Crippen MR) is 85.3 cm³/mol. The molecule has 0 radical (unpaired) electrons. The summed E-state index contributed by atoms with van der Waals surface area (Å²) in [6.45, 7) is 12.0. The Morgan fingerprint density at radius 3 is 1.38 bits per heavy atom. The Balaban J connectivity index is -0.000000103. The van der Waals surface area contributed by atoms with Crippen LogP contribution in [0.25, 0.3) is 0 Å². The van der Waals surface area contributed by atoms with E-state index in [2.05, 4.69) is 22.5 Å². The van der Waals surface area contributed by atoms with E-state index in [9.17, 15) is 0 Å². The van der Waals surface area contributed by atoms with E-state index >= 15 is 0 Å². The fraction of sp³-hybridized carbons (Fsp3) is 0.917. The van der Waals surface area contributed by atoms with Gasteiger partial charge in [-0.3, -0.25) is 0 Å². The van der Waals surface area contributed by atoms with Gasteiger partial charge in [-0.2, -0.15) is 23.5 Å². The summed E-state index contributed by atoms with van der Waals surface area (Å²) in [5.74, 6) is 1.93. The first-order valence-electron chi connectivity index (χ1n) is 5.92. The van der Waals surface area contributed by atoms with Crippen molar-refractivity contribution in [2.24, 2.45) is 5.16 Å². The van der Waals surface area contributed by atoms with Crippen LogP contribution in [0.3, 0.4) is 0 Å². The average molecular weight is 270 g/mol. The van der Waals surface area contributed by atoms with Gasteiger partial charge in [0.25, 0.3) is 0 Å². The van der Waals surface area contributed by atoms with E-state index in [0.29, 0.717) is 0 Å². The second-order valence-corrected chi connectivity index (χ2v) is 3.44. The van der Waals surface area contributed by atoms with Gasteiger partial charge >= 0.3 is 0 Å². The van der Waals surface area contributed by atoms with Crippen molar-refractivity contribution < 1.29 is 4.84 Å². The van der Waals surface area contributed by atoms with Crippen molar-refractivity contribution in [1.29, 1.82) is 0 Å². The van der Waals surface area contributed by atoms with Gasteiger partial charge in [0.1, 0.15) is 7.11 Å². The lowest BCUT2D eigenvalue weighted by Crippen LogP contribution is -2.05. The van der Waals surface area contributed by atoms with Crippen LogP contribution in [0.4, 0.5) is 0 Å². The van der Waals surface area contributed by atoms with E-state index in [-0.39, 0.29) is 0 Å². The normalized spacial score (nSPS) is 6.81. The molecule has 0 atom stereocenters. The highest BCUT2D eigenvalue weighted by atomic mass is 32.2. The first-order valence-corrected chi connectivity index (χ1v) is 8.70. The number of oxime groups is 1. The Morgan fingerprint density at radius 1 is 0.875 bits per heavy atom. The summed E-state index contributed by atoms with van der Waals surface area (Å²) in [6, 6.07) is 0. The third kappa shape index (κ3) is 29.2. The van der Waals surface area contributed by atoms with E-state index < -0.39 is 0 Å². The molecule has 0 spiro atoms. The summed E-state index contributed by atoms with van der Waals surface area (Å²) in [5.41, 5.74) is 1.11. The van der Waals surface area contributed by atoms with Crippen LogP contribution >= 0.6 is 23.5 Å². The van der Waals surface area contributed by atoms with Crippen molar-refractivity contribution in [3.63, 3.8) is 0 Å². The van der Waals surface area contributed by atoms with E-state index in [1.165, 1.54) is 0 Å². The summed E-state index contributed by atoms with van der Waals surface area (Å²) >= 11 is 3.53. The number of nitrogens with zero attached hydrogens (tertiary/aromatic N) is 1. The van der Waals surface area contributed by atoms with E-state index in [1.807, 2.05) is 41.5 Å². The Kier molecular flexibility index (Phi) is 56.9. The van der Waals surface area contributed by atoms with Gasteiger partial charge in [-0.05, 0) is 12.5 Å². The van der Waals surface area contributed by atoms with Crippen LogP contribution in [0.1, 0.15) is 41.5 Å². The minimum Gasteiger partial charge on any atom is -0.399 e. The molecular formula is C12H31NOS2. The lowest BCUT2D eigenvalue weighted by molar-refractivity contribution is 0.213. The highest BCUT2D eigenvalue weighted by Gasteiger charge is 1.96. The molecule has 0 aromatic carbocycles. The smallest absolute Gasteiger partial charge is 0.106 e. The molecular weight excluding hydrogens is 238 g/mol. The number of rotatable bonds is 5. The van der Waals surface area contributed by atoms with E-state index in [0.717, 1.165) is 17.2 Å². The molecule has 0 rings (SSSR count). The van der Waals surface area contributed by atoms with Crippen LogP contribution in [0.15, 0.2) is 5.16 Å². The molecule has 0 aliphatic carbocycles. The van der Waals surface area contributed by atoms with Gasteiger partial charge in [-0.1, -0.05) is 46.7 Å². The topological polar surface area (TPSA) is 21.6 Å². The van der Waals surface area contributed by atoms with Gasteiger partial charge in [0.05, 0.1) is 5.71 Å². The van der Waals surface area contributed by atoms with Gasteiger partial charge < -0.3 is 4.84 Å². The first-order chi connectivity index (χ1) is 7.85. The SMILES string of the molecule is CC.CC.CC.CON=C(CSC)CSC. The molecule has 0 N–H and O–H groups in total. The number of thioether (sulfide) groups is 2. The largest absolute Gasteiger partial charge is 0.399 e. The second-order valence-electron chi connectivity index (χ2n) is 1.71. The molecule has 0 heterocycles. The minimum atomic E-state index is 0.967. The maximum atomic E-state index is 4.67. The summed E-state index contributed by atoms with van der Waals surface area (Å²) in [5, 5.41) is 3.88. The Morgan fingerprint density at radius 2 is 1.19 bits per heavy atom. The maximum Gasteiger partial charge on any atom is 0.106 e. The lowest BCUT2D eigenvalue weighted by atomic mass is 10.5. The lowest BCUT2D eigenvalue weighted by Gasteiger charge is -1.99. The van der Waals surface area contributed by atoms with Crippen LogP contribution in [0.2, 0.25) is 0 Å². The van der Waals surface area contributed by atoms with Gasteiger partial charge in [-0.25, -0.2) is 0 Å². The molecule has 0 bridgehead atoms. The molecule has 4 heteroatoms. The van der Waals surface area contributed by atoms with Gasteiger partial charge in [0.15, 0.2) is 0 Å². The van der Waals surface area contributed by atoms with Crippen LogP contribution in [0, 0.1) is 0 Å². The molecule has 0 fully saturated rings. The monoisotopic (exact) mass is 269 g/mol.